The van der Waals surface area contributed by atoms with E-state index in [0.29, 0.717) is 10.8 Å². The fourth-order valence-corrected chi connectivity index (χ4v) is 2.86. The maximum absolute atomic E-state index is 12.2. The molecular formula is C16H16N4O2S. The maximum atomic E-state index is 12.2. The van der Waals surface area contributed by atoms with Gasteiger partial charge in [0.1, 0.15) is 10.7 Å². The third-order valence-corrected chi connectivity index (χ3v) is 4.13. The van der Waals surface area contributed by atoms with E-state index in [2.05, 4.69) is 27.6 Å². The molecule has 118 valence electrons. The first-order chi connectivity index (χ1) is 11.2. The van der Waals surface area contributed by atoms with Crippen molar-refractivity contribution in [3.8, 4) is 11.3 Å². The van der Waals surface area contributed by atoms with Gasteiger partial charge in [-0.05, 0) is 13.3 Å². The number of nitrogens with zero attached hydrogens (tertiary/aromatic N) is 3. The average molecular weight is 328 g/mol. The number of aryl methyl sites for hydroxylation is 2. The number of rotatable bonds is 5. The van der Waals surface area contributed by atoms with Gasteiger partial charge in [0.25, 0.3) is 5.91 Å². The lowest BCUT2D eigenvalue weighted by molar-refractivity contribution is 0.0988. The van der Waals surface area contributed by atoms with Crippen LogP contribution in [0.4, 0.5) is 5.13 Å². The highest BCUT2D eigenvalue weighted by molar-refractivity contribution is 7.15. The molecule has 0 saturated carbocycles. The molecule has 1 N–H and O–H groups in total. The molecule has 0 fully saturated rings. The van der Waals surface area contributed by atoms with Crippen molar-refractivity contribution in [3.63, 3.8) is 0 Å². The third-order valence-electron chi connectivity index (χ3n) is 3.23. The Kier molecular flexibility index (Phi) is 4.47. The molecule has 0 aliphatic heterocycles. The zero-order valence-electron chi connectivity index (χ0n) is 12.9. The van der Waals surface area contributed by atoms with Gasteiger partial charge in [0.05, 0.1) is 0 Å². The molecule has 2 heterocycles. The van der Waals surface area contributed by atoms with Crippen LogP contribution >= 0.6 is 11.3 Å². The summed E-state index contributed by atoms with van der Waals surface area (Å²) in [5, 5.41) is 16.0. The Bertz CT molecular complexity index is 808. The summed E-state index contributed by atoms with van der Waals surface area (Å²) in [5.41, 5.74) is 2.69. The van der Waals surface area contributed by atoms with Gasteiger partial charge in [-0.15, -0.1) is 10.2 Å². The second-order valence-corrected chi connectivity index (χ2v) is 6.21. The molecule has 23 heavy (non-hydrogen) atoms. The molecule has 1 aromatic carbocycles. The van der Waals surface area contributed by atoms with Gasteiger partial charge in [0.2, 0.25) is 10.9 Å². The standard InChI is InChI=1S/C16H16N4O2S/c1-3-4-14-18-19-16(23-14)17-15(21)13-9-12(20-22-13)11-7-5-10(2)6-8-11/h5-9H,3-4H2,1-2H3,(H,17,19,21). The molecule has 3 aromatic rings. The summed E-state index contributed by atoms with van der Waals surface area (Å²) in [4.78, 5) is 12.2. The van der Waals surface area contributed by atoms with Gasteiger partial charge in [-0.3, -0.25) is 10.1 Å². The van der Waals surface area contributed by atoms with Crippen LogP contribution in [0.25, 0.3) is 11.3 Å². The van der Waals surface area contributed by atoms with Crippen LogP contribution in [-0.4, -0.2) is 21.3 Å². The highest BCUT2D eigenvalue weighted by atomic mass is 32.1. The van der Waals surface area contributed by atoms with E-state index in [9.17, 15) is 4.79 Å². The zero-order valence-corrected chi connectivity index (χ0v) is 13.7. The van der Waals surface area contributed by atoms with E-state index in [1.165, 1.54) is 11.3 Å². The van der Waals surface area contributed by atoms with Gasteiger partial charge in [-0.1, -0.05) is 53.2 Å². The number of benzene rings is 1. The highest BCUT2D eigenvalue weighted by Gasteiger charge is 2.16. The van der Waals surface area contributed by atoms with Crippen LogP contribution in [0.5, 0.6) is 0 Å². The van der Waals surface area contributed by atoms with Crippen molar-refractivity contribution < 1.29 is 9.32 Å². The van der Waals surface area contributed by atoms with Crippen LogP contribution in [0.2, 0.25) is 0 Å². The Labute approximate surface area is 137 Å². The Morgan fingerprint density at radius 1 is 1.26 bits per heavy atom. The summed E-state index contributed by atoms with van der Waals surface area (Å²) in [5.74, 6) is -0.233. The first-order valence-electron chi connectivity index (χ1n) is 7.33. The molecule has 0 radical (unpaired) electrons. The molecule has 0 aliphatic carbocycles. The number of nitrogens with one attached hydrogen (secondary N) is 1. The van der Waals surface area contributed by atoms with Gasteiger partial charge in [0.15, 0.2) is 0 Å². The quantitative estimate of drug-likeness (QED) is 0.772. The summed E-state index contributed by atoms with van der Waals surface area (Å²) in [7, 11) is 0. The van der Waals surface area contributed by atoms with Crippen molar-refractivity contribution in [1.29, 1.82) is 0 Å². The van der Waals surface area contributed by atoms with Gasteiger partial charge in [-0.2, -0.15) is 0 Å². The van der Waals surface area contributed by atoms with Crippen molar-refractivity contribution in [2.75, 3.05) is 5.32 Å². The summed E-state index contributed by atoms with van der Waals surface area (Å²) >= 11 is 1.37. The van der Waals surface area contributed by atoms with E-state index in [-0.39, 0.29) is 11.7 Å². The Hall–Kier alpha value is -2.54. The normalized spacial score (nSPS) is 10.7. The smallest absolute Gasteiger partial charge is 0.296 e. The molecule has 0 saturated heterocycles. The molecule has 0 spiro atoms. The first kappa shape index (κ1) is 15.4. The molecule has 0 atom stereocenters. The average Bonchev–Trinajstić information content (AvgIpc) is 3.18. The number of anilines is 1. The summed E-state index contributed by atoms with van der Waals surface area (Å²) in [6, 6.07) is 9.47. The number of aromatic nitrogens is 3. The van der Waals surface area contributed by atoms with E-state index < -0.39 is 0 Å². The van der Waals surface area contributed by atoms with Crippen molar-refractivity contribution >= 4 is 22.4 Å². The highest BCUT2D eigenvalue weighted by Crippen LogP contribution is 2.21. The molecule has 0 unspecified atom stereocenters. The lowest BCUT2D eigenvalue weighted by Gasteiger charge is -1.96. The molecule has 0 bridgehead atoms. The van der Waals surface area contributed by atoms with E-state index in [1.807, 2.05) is 31.2 Å². The fraction of sp³-hybridized carbons (Fsp3) is 0.250. The van der Waals surface area contributed by atoms with Gasteiger partial charge >= 0.3 is 0 Å². The van der Waals surface area contributed by atoms with Gasteiger partial charge in [-0.25, -0.2) is 0 Å². The van der Waals surface area contributed by atoms with Crippen LogP contribution < -0.4 is 5.32 Å². The zero-order chi connectivity index (χ0) is 16.2. The van der Waals surface area contributed by atoms with Crippen molar-refractivity contribution in [3.05, 3.63) is 46.7 Å². The predicted molar refractivity (Wildman–Crippen MR) is 88.5 cm³/mol. The molecular weight excluding hydrogens is 312 g/mol. The minimum Gasteiger partial charge on any atom is -0.350 e. The molecule has 0 aliphatic rings. The summed E-state index contributed by atoms with van der Waals surface area (Å²) < 4.78 is 5.13. The van der Waals surface area contributed by atoms with Crippen LogP contribution in [0.1, 0.15) is 34.5 Å². The largest absolute Gasteiger partial charge is 0.350 e. The fourth-order valence-electron chi connectivity index (χ4n) is 2.02. The van der Waals surface area contributed by atoms with Gasteiger partial charge in [0, 0.05) is 18.1 Å². The Morgan fingerprint density at radius 2 is 2.04 bits per heavy atom. The SMILES string of the molecule is CCCc1nnc(NC(=O)c2cc(-c3ccc(C)cc3)no2)s1. The van der Waals surface area contributed by atoms with Crippen LogP contribution in [-0.2, 0) is 6.42 Å². The van der Waals surface area contributed by atoms with Crippen molar-refractivity contribution in [2.24, 2.45) is 0 Å². The van der Waals surface area contributed by atoms with Crippen LogP contribution in [0.3, 0.4) is 0 Å². The van der Waals surface area contributed by atoms with E-state index in [4.69, 9.17) is 4.52 Å². The van der Waals surface area contributed by atoms with Crippen LogP contribution in [0, 0.1) is 6.92 Å². The van der Waals surface area contributed by atoms with Crippen molar-refractivity contribution in [1.82, 2.24) is 15.4 Å². The third kappa shape index (κ3) is 3.62. The second kappa shape index (κ2) is 6.70. The minimum atomic E-state index is -0.380. The number of hydrogen-bond donors (Lipinski definition) is 1. The van der Waals surface area contributed by atoms with E-state index in [0.717, 1.165) is 29.0 Å². The molecule has 6 nitrogen and oxygen atoms in total. The number of carbonyl (C=O) groups is 1. The molecule has 1 amide bonds. The first-order valence-corrected chi connectivity index (χ1v) is 8.15. The summed E-state index contributed by atoms with van der Waals surface area (Å²) in [6.45, 7) is 4.08. The monoisotopic (exact) mass is 328 g/mol. The minimum absolute atomic E-state index is 0.146. The lowest BCUT2D eigenvalue weighted by atomic mass is 10.1. The lowest BCUT2D eigenvalue weighted by Crippen LogP contribution is -2.10. The summed E-state index contributed by atoms with van der Waals surface area (Å²) in [6.07, 6.45) is 1.85. The predicted octanol–water partition coefficient (Wildman–Crippen LogP) is 3.71. The Balaban J connectivity index is 1.71. The van der Waals surface area contributed by atoms with Gasteiger partial charge < -0.3 is 4.52 Å². The van der Waals surface area contributed by atoms with E-state index in [1.54, 1.807) is 6.07 Å². The molecule has 7 heteroatoms. The second-order valence-electron chi connectivity index (χ2n) is 5.15. The molecule has 3 rings (SSSR count). The number of hydrogen-bond acceptors (Lipinski definition) is 6. The van der Waals surface area contributed by atoms with Crippen LogP contribution in [0.15, 0.2) is 34.9 Å². The maximum Gasteiger partial charge on any atom is 0.296 e. The number of amides is 1. The van der Waals surface area contributed by atoms with Crippen molar-refractivity contribution in [2.45, 2.75) is 26.7 Å². The topological polar surface area (TPSA) is 80.9 Å². The Morgan fingerprint density at radius 3 is 2.78 bits per heavy atom. The molecule has 2 aromatic heterocycles. The number of carbonyl (C=O) groups excluding carboxylic acids is 1. The van der Waals surface area contributed by atoms with E-state index >= 15 is 0 Å².